The van der Waals surface area contributed by atoms with Crippen molar-refractivity contribution in [3.8, 4) is 0 Å². The van der Waals surface area contributed by atoms with Crippen LogP contribution in [0.5, 0.6) is 0 Å². The molecule has 0 aliphatic carbocycles. The number of hydrogen-bond acceptors (Lipinski definition) is 3. The summed E-state index contributed by atoms with van der Waals surface area (Å²) in [7, 11) is 0. The zero-order valence-electron chi connectivity index (χ0n) is 18.4. The Morgan fingerprint density at radius 2 is 1.93 bits per heavy atom. The molecule has 0 spiro atoms. The number of hydrogen-bond donors (Lipinski definition) is 2. The maximum Gasteiger partial charge on any atom is 0.119 e. The van der Waals surface area contributed by atoms with E-state index in [1.54, 1.807) is 0 Å². The molecule has 3 nitrogen and oxygen atoms in total. The fraction of sp³-hybridized carbons (Fsp3) is 0.440. The first kappa shape index (κ1) is 23.2. The summed E-state index contributed by atoms with van der Waals surface area (Å²) in [5.41, 5.74) is 11.4. The SMILES string of the molecule is C=C(OCC)c1ccc(NCC(C)(C)c2ccc(Cl)cc2C(C)CCC)c(N)c1. The molecular formula is C25H35ClN2O. The molecule has 0 aliphatic heterocycles. The summed E-state index contributed by atoms with van der Waals surface area (Å²) < 4.78 is 5.48. The molecule has 0 radical (unpaired) electrons. The smallest absolute Gasteiger partial charge is 0.119 e. The highest BCUT2D eigenvalue weighted by Crippen LogP contribution is 2.35. The third-order valence-corrected chi connectivity index (χ3v) is 5.64. The zero-order chi connectivity index (χ0) is 21.6. The number of benzene rings is 2. The van der Waals surface area contributed by atoms with E-state index in [-0.39, 0.29) is 5.41 Å². The predicted molar refractivity (Wildman–Crippen MR) is 128 cm³/mol. The Kier molecular flexibility index (Phi) is 8.04. The molecule has 2 rings (SSSR count). The molecule has 0 amide bonds. The van der Waals surface area contributed by atoms with Crippen LogP contribution in [-0.2, 0) is 10.2 Å². The third kappa shape index (κ3) is 5.93. The molecule has 4 heteroatoms. The van der Waals surface area contributed by atoms with Crippen molar-refractivity contribution in [3.05, 3.63) is 64.7 Å². The number of nitrogens with two attached hydrogens (primary N) is 1. The third-order valence-electron chi connectivity index (χ3n) is 5.41. The minimum Gasteiger partial charge on any atom is -0.494 e. The molecule has 29 heavy (non-hydrogen) atoms. The van der Waals surface area contributed by atoms with Crippen molar-refractivity contribution >= 4 is 28.7 Å². The molecule has 0 fully saturated rings. The largest absolute Gasteiger partial charge is 0.494 e. The normalized spacial score (nSPS) is 12.5. The van der Waals surface area contributed by atoms with Crippen LogP contribution in [0, 0.1) is 0 Å². The lowest BCUT2D eigenvalue weighted by molar-refractivity contribution is 0.299. The van der Waals surface area contributed by atoms with E-state index >= 15 is 0 Å². The number of anilines is 2. The average Bonchev–Trinajstić information content (AvgIpc) is 2.67. The molecule has 1 unspecified atom stereocenters. The summed E-state index contributed by atoms with van der Waals surface area (Å²) in [6.45, 7) is 16.3. The molecule has 1 atom stereocenters. The van der Waals surface area contributed by atoms with E-state index in [2.05, 4.69) is 51.7 Å². The van der Waals surface area contributed by atoms with Gasteiger partial charge in [-0.15, -0.1) is 0 Å². The van der Waals surface area contributed by atoms with Crippen LogP contribution in [-0.4, -0.2) is 13.2 Å². The van der Waals surface area contributed by atoms with E-state index in [1.165, 1.54) is 11.1 Å². The Balaban J connectivity index is 2.21. The highest BCUT2D eigenvalue weighted by Gasteiger charge is 2.26. The lowest BCUT2D eigenvalue weighted by atomic mass is 9.78. The van der Waals surface area contributed by atoms with Gasteiger partial charge in [0.15, 0.2) is 0 Å². The molecule has 2 aromatic carbocycles. The highest BCUT2D eigenvalue weighted by molar-refractivity contribution is 6.30. The molecule has 0 heterocycles. The minimum absolute atomic E-state index is 0.0814. The average molecular weight is 415 g/mol. The van der Waals surface area contributed by atoms with Crippen LogP contribution in [0.3, 0.4) is 0 Å². The fourth-order valence-corrected chi connectivity index (χ4v) is 3.89. The van der Waals surface area contributed by atoms with Gasteiger partial charge in [0, 0.05) is 22.5 Å². The van der Waals surface area contributed by atoms with Crippen molar-refractivity contribution in [1.29, 1.82) is 0 Å². The van der Waals surface area contributed by atoms with Gasteiger partial charge < -0.3 is 15.8 Å². The van der Waals surface area contributed by atoms with Crippen molar-refractivity contribution in [2.75, 3.05) is 24.2 Å². The van der Waals surface area contributed by atoms with Crippen molar-refractivity contribution in [2.24, 2.45) is 0 Å². The summed E-state index contributed by atoms with van der Waals surface area (Å²) in [5, 5.41) is 4.33. The molecule has 0 bridgehead atoms. The van der Waals surface area contributed by atoms with E-state index in [1.807, 2.05) is 31.2 Å². The second kappa shape index (κ2) is 10.1. The molecule has 2 aromatic rings. The Morgan fingerprint density at radius 1 is 1.21 bits per heavy atom. The summed E-state index contributed by atoms with van der Waals surface area (Å²) in [6, 6.07) is 12.2. The van der Waals surface area contributed by atoms with Gasteiger partial charge in [-0.2, -0.15) is 0 Å². The van der Waals surface area contributed by atoms with E-state index in [0.29, 0.717) is 24.0 Å². The summed E-state index contributed by atoms with van der Waals surface area (Å²) in [5.74, 6) is 1.11. The maximum absolute atomic E-state index is 6.32. The van der Waals surface area contributed by atoms with Gasteiger partial charge in [0.05, 0.1) is 18.0 Å². The molecule has 0 saturated carbocycles. The van der Waals surface area contributed by atoms with Crippen molar-refractivity contribution in [1.82, 2.24) is 0 Å². The first-order valence-corrected chi connectivity index (χ1v) is 10.8. The molecule has 0 aliphatic rings. The van der Waals surface area contributed by atoms with Crippen molar-refractivity contribution in [3.63, 3.8) is 0 Å². The van der Waals surface area contributed by atoms with Crippen LogP contribution in [0.1, 0.15) is 70.1 Å². The van der Waals surface area contributed by atoms with Gasteiger partial charge in [0.25, 0.3) is 0 Å². The van der Waals surface area contributed by atoms with E-state index in [4.69, 9.17) is 22.1 Å². The number of nitrogens with one attached hydrogen (secondary N) is 1. The second-order valence-electron chi connectivity index (χ2n) is 8.32. The van der Waals surface area contributed by atoms with Gasteiger partial charge in [0.1, 0.15) is 5.76 Å². The lowest BCUT2D eigenvalue weighted by Gasteiger charge is -2.31. The molecule has 0 aromatic heterocycles. The van der Waals surface area contributed by atoms with Crippen LogP contribution < -0.4 is 11.1 Å². The monoisotopic (exact) mass is 414 g/mol. The van der Waals surface area contributed by atoms with E-state index in [9.17, 15) is 0 Å². The number of halogens is 1. The molecular weight excluding hydrogens is 380 g/mol. The van der Waals surface area contributed by atoms with Gasteiger partial charge >= 0.3 is 0 Å². The van der Waals surface area contributed by atoms with Gasteiger partial charge in [-0.05, 0) is 60.7 Å². The molecule has 158 valence electrons. The lowest BCUT2D eigenvalue weighted by Crippen LogP contribution is -2.29. The van der Waals surface area contributed by atoms with Crippen LogP contribution in [0.25, 0.3) is 5.76 Å². The van der Waals surface area contributed by atoms with E-state index in [0.717, 1.165) is 35.7 Å². The second-order valence-corrected chi connectivity index (χ2v) is 8.75. The summed E-state index contributed by atoms with van der Waals surface area (Å²) >= 11 is 6.32. The van der Waals surface area contributed by atoms with Gasteiger partial charge in [0.2, 0.25) is 0 Å². The molecule has 3 N–H and O–H groups in total. The van der Waals surface area contributed by atoms with E-state index < -0.39 is 0 Å². The van der Waals surface area contributed by atoms with Crippen LogP contribution in [0.15, 0.2) is 43.0 Å². The van der Waals surface area contributed by atoms with Crippen LogP contribution >= 0.6 is 11.6 Å². The number of ether oxygens (including phenoxy) is 1. The standard InChI is InChI=1S/C25H35ClN2O/c1-7-9-17(3)21-15-20(26)11-12-22(21)25(5,6)16-28-24-13-10-19(14-23(24)27)18(4)29-8-2/h10-15,17,28H,4,7-9,16,27H2,1-3,5-6H3. The number of nitrogen functional groups attached to an aromatic ring is 1. The maximum atomic E-state index is 6.32. The van der Waals surface area contributed by atoms with Crippen molar-refractivity contribution in [2.45, 2.75) is 58.8 Å². The Hall–Kier alpha value is -2.13. The summed E-state index contributed by atoms with van der Waals surface area (Å²) in [4.78, 5) is 0. The Bertz CT molecular complexity index is 845. The topological polar surface area (TPSA) is 47.3 Å². The van der Waals surface area contributed by atoms with Gasteiger partial charge in [-0.3, -0.25) is 0 Å². The fourth-order valence-electron chi connectivity index (χ4n) is 3.71. The van der Waals surface area contributed by atoms with Gasteiger partial charge in [-0.25, -0.2) is 0 Å². The first-order valence-electron chi connectivity index (χ1n) is 10.4. The quantitative estimate of drug-likeness (QED) is 0.318. The number of rotatable bonds is 10. The summed E-state index contributed by atoms with van der Waals surface area (Å²) in [6.07, 6.45) is 2.30. The predicted octanol–water partition coefficient (Wildman–Crippen LogP) is 7.22. The minimum atomic E-state index is -0.0814. The first-order chi connectivity index (χ1) is 13.7. The highest BCUT2D eigenvalue weighted by atomic mass is 35.5. The van der Waals surface area contributed by atoms with Gasteiger partial charge in [-0.1, -0.05) is 58.4 Å². The molecule has 0 saturated heterocycles. The Labute approximate surface area is 181 Å². The van der Waals surface area contributed by atoms with Crippen LogP contribution in [0.2, 0.25) is 5.02 Å². The Morgan fingerprint density at radius 3 is 2.55 bits per heavy atom. The van der Waals surface area contributed by atoms with Crippen molar-refractivity contribution < 1.29 is 4.74 Å². The van der Waals surface area contributed by atoms with Crippen LogP contribution in [0.4, 0.5) is 11.4 Å². The zero-order valence-corrected chi connectivity index (χ0v) is 19.2.